The van der Waals surface area contributed by atoms with Crippen molar-refractivity contribution < 1.29 is 9.47 Å². The first kappa shape index (κ1) is 13.8. The fourth-order valence-electron chi connectivity index (χ4n) is 2.18. The molecule has 5 heteroatoms. The highest BCUT2D eigenvalue weighted by molar-refractivity contribution is 9.10. The first-order valence-corrected chi connectivity index (χ1v) is 8.30. The number of hydrogen-bond acceptors (Lipinski definition) is 4. The first-order chi connectivity index (χ1) is 9.74. The smallest absolute Gasteiger partial charge is 0.163 e. The number of rotatable bonds is 3. The van der Waals surface area contributed by atoms with Crippen LogP contribution in [0.2, 0.25) is 0 Å². The quantitative estimate of drug-likeness (QED) is 0.855. The third-order valence-electron chi connectivity index (χ3n) is 3.17. The Hall–Kier alpha value is -1.20. The van der Waals surface area contributed by atoms with Gasteiger partial charge >= 0.3 is 0 Å². The van der Waals surface area contributed by atoms with Gasteiger partial charge in [-0.2, -0.15) is 0 Å². The van der Waals surface area contributed by atoms with E-state index in [-0.39, 0.29) is 6.04 Å². The molecule has 1 aliphatic rings. The van der Waals surface area contributed by atoms with Crippen LogP contribution in [0.3, 0.4) is 0 Å². The minimum atomic E-state index is 0.245. The minimum absolute atomic E-state index is 0.245. The van der Waals surface area contributed by atoms with Crippen LogP contribution in [0.15, 0.2) is 34.1 Å². The van der Waals surface area contributed by atoms with E-state index >= 15 is 0 Å². The minimum Gasteiger partial charge on any atom is -0.490 e. The van der Waals surface area contributed by atoms with Gasteiger partial charge in [0.05, 0.1) is 19.3 Å². The maximum Gasteiger partial charge on any atom is 0.163 e. The molecule has 2 aromatic rings. The summed E-state index contributed by atoms with van der Waals surface area (Å²) in [4.78, 5) is 1.29. The van der Waals surface area contributed by atoms with Crippen LogP contribution in [0.5, 0.6) is 11.5 Å². The highest BCUT2D eigenvalue weighted by Gasteiger charge is 2.14. The van der Waals surface area contributed by atoms with Gasteiger partial charge in [0.25, 0.3) is 0 Å². The van der Waals surface area contributed by atoms with Gasteiger partial charge in [-0.15, -0.1) is 11.3 Å². The van der Waals surface area contributed by atoms with E-state index < -0.39 is 0 Å². The SMILES string of the molecule is CC(Nc1ccc2c(c1)OCCCO2)c1sccc1Br. The summed E-state index contributed by atoms with van der Waals surface area (Å²) >= 11 is 5.32. The fraction of sp³-hybridized carbons (Fsp3) is 0.333. The van der Waals surface area contributed by atoms with E-state index in [9.17, 15) is 0 Å². The molecule has 1 unspecified atom stereocenters. The summed E-state index contributed by atoms with van der Waals surface area (Å²) in [6.45, 7) is 3.58. The Kier molecular flexibility index (Phi) is 4.17. The molecular formula is C15H16BrNO2S. The lowest BCUT2D eigenvalue weighted by Crippen LogP contribution is -2.05. The van der Waals surface area contributed by atoms with E-state index in [1.807, 2.05) is 18.2 Å². The van der Waals surface area contributed by atoms with Gasteiger partial charge in [0.2, 0.25) is 0 Å². The predicted octanol–water partition coefficient (Wildman–Crippen LogP) is 4.85. The van der Waals surface area contributed by atoms with Crippen LogP contribution in [0.25, 0.3) is 0 Å². The van der Waals surface area contributed by atoms with Crippen molar-refractivity contribution in [3.05, 3.63) is 39.0 Å². The second-order valence-electron chi connectivity index (χ2n) is 4.71. The lowest BCUT2D eigenvalue weighted by atomic mass is 10.2. The van der Waals surface area contributed by atoms with Crippen LogP contribution < -0.4 is 14.8 Å². The normalized spacial score (nSPS) is 15.5. The van der Waals surface area contributed by atoms with Crippen molar-refractivity contribution >= 4 is 33.0 Å². The van der Waals surface area contributed by atoms with E-state index in [1.165, 1.54) is 4.88 Å². The number of benzene rings is 1. The topological polar surface area (TPSA) is 30.5 Å². The Labute approximate surface area is 131 Å². The molecule has 0 amide bonds. The van der Waals surface area contributed by atoms with Gasteiger partial charge in [-0.05, 0) is 46.4 Å². The average molecular weight is 354 g/mol. The molecule has 0 spiro atoms. The van der Waals surface area contributed by atoms with Gasteiger partial charge in [-0.1, -0.05) is 0 Å². The van der Waals surface area contributed by atoms with Crippen LogP contribution in [-0.2, 0) is 0 Å². The van der Waals surface area contributed by atoms with Crippen molar-refractivity contribution in [2.24, 2.45) is 0 Å². The summed E-state index contributed by atoms with van der Waals surface area (Å²) in [5.74, 6) is 1.66. The fourth-order valence-corrected chi connectivity index (χ4v) is 3.91. The first-order valence-electron chi connectivity index (χ1n) is 6.63. The third-order valence-corrected chi connectivity index (χ3v) is 5.22. The highest BCUT2D eigenvalue weighted by atomic mass is 79.9. The molecule has 106 valence electrons. The van der Waals surface area contributed by atoms with Crippen molar-refractivity contribution in [1.29, 1.82) is 0 Å². The summed E-state index contributed by atoms with van der Waals surface area (Å²) in [7, 11) is 0. The summed E-state index contributed by atoms with van der Waals surface area (Å²) in [6, 6.07) is 8.34. The van der Waals surface area contributed by atoms with Crippen LogP contribution in [0.4, 0.5) is 5.69 Å². The molecule has 1 atom stereocenters. The lowest BCUT2D eigenvalue weighted by Gasteiger charge is -2.16. The van der Waals surface area contributed by atoms with E-state index in [1.54, 1.807) is 11.3 Å². The zero-order valence-electron chi connectivity index (χ0n) is 11.2. The maximum absolute atomic E-state index is 5.71. The van der Waals surface area contributed by atoms with Crippen molar-refractivity contribution in [3.8, 4) is 11.5 Å². The number of nitrogens with one attached hydrogen (secondary N) is 1. The lowest BCUT2D eigenvalue weighted by molar-refractivity contribution is 0.297. The van der Waals surface area contributed by atoms with E-state index in [2.05, 4.69) is 39.6 Å². The number of hydrogen-bond donors (Lipinski definition) is 1. The van der Waals surface area contributed by atoms with Crippen LogP contribution in [0, 0.1) is 0 Å². The van der Waals surface area contributed by atoms with Crippen LogP contribution in [-0.4, -0.2) is 13.2 Å². The monoisotopic (exact) mass is 353 g/mol. The Morgan fingerprint density at radius 3 is 2.75 bits per heavy atom. The zero-order valence-corrected chi connectivity index (χ0v) is 13.6. The van der Waals surface area contributed by atoms with Gasteiger partial charge in [0.15, 0.2) is 11.5 Å². The Morgan fingerprint density at radius 2 is 2.00 bits per heavy atom. The summed E-state index contributed by atoms with van der Waals surface area (Å²) in [5, 5.41) is 5.59. The van der Waals surface area contributed by atoms with E-state index in [4.69, 9.17) is 9.47 Å². The van der Waals surface area contributed by atoms with Crippen molar-refractivity contribution in [1.82, 2.24) is 0 Å². The summed E-state index contributed by atoms with van der Waals surface area (Å²) < 4.78 is 12.5. The van der Waals surface area contributed by atoms with Gasteiger partial charge < -0.3 is 14.8 Å². The number of halogens is 1. The van der Waals surface area contributed by atoms with E-state index in [0.29, 0.717) is 6.61 Å². The molecule has 0 bridgehead atoms. The summed E-state index contributed by atoms with van der Waals surface area (Å²) in [6.07, 6.45) is 0.927. The summed E-state index contributed by atoms with van der Waals surface area (Å²) in [5.41, 5.74) is 1.04. The van der Waals surface area contributed by atoms with Crippen LogP contribution in [0.1, 0.15) is 24.3 Å². The molecule has 3 rings (SSSR count). The molecule has 3 nitrogen and oxygen atoms in total. The largest absolute Gasteiger partial charge is 0.490 e. The van der Waals surface area contributed by atoms with Gasteiger partial charge in [0.1, 0.15) is 0 Å². The Morgan fingerprint density at radius 1 is 1.20 bits per heavy atom. The van der Waals surface area contributed by atoms with Crippen molar-refractivity contribution in [2.45, 2.75) is 19.4 Å². The average Bonchev–Trinajstić information content (AvgIpc) is 2.73. The molecule has 1 aromatic heterocycles. The molecular weight excluding hydrogens is 338 g/mol. The van der Waals surface area contributed by atoms with Crippen LogP contribution >= 0.6 is 27.3 Å². The third kappa shape index (κ3) is 2.94. The maximum atomic E-state index is 5.71. The van der Waals surface area contributed by atoms with Crippen molar-refractivity contribution in [2.75, 3.05) is 18.5 Å². The predicted molar refractivity (Wildman–Crippen MR) is 86.1 cm³/mol. The Bertz CT molecular complexity index is 599. The molecule has 1 aliphatic heterocycles. The van der Waals surface area contributed by atoms with Gasteiger partial charge in [-0.3, -0.25) is 0 Å². The van der Waals surface area contributed by atoms with E-state index in [0.717, 1.165) is 34.7 Å². The highest BCUT2D eigenvalue weighted by Crippen LogP contribution is 2.35. The van der Waals surface area contributed by atoms with Gasteiger partial charge in [0, 0.05) is 27.5 Å². The molecule has 1 N–H and O–H groups in total. The Balaban J connectivity index is 1.78. The second kappa shape index (κ2) is 6.06. The molecule has 0 radical (unpaired) electrons. The number of fused-ring (bicyclic) bond motifs is 1. The molecule has 0 fully saturated rings. The molecule has 20 heavy (non-hydrogen) atoms. The molecule has 1 aromatic carbocycles. The molecule has 0 saturated carbocycles. The standard InChI is InChI=1S/C15H16BrNO2S/c1-10(15-12(16)5-8-20-15)17-11-3-4-13-14(9-11)19-7-2-6-18-13/h3-5,8-10,17H,2,6-7H2,1H3. The number of ether oxygens (including phenoxy) is 2. The zero-order chi connectivity index (χ0) is 13.9. The number of anilines is 1. The molecule has 0 saturated heterocycles. The number of thiophene rings is 1. The molecule has 2 heterocycles. The van der Waals surface area contributed by atoms with Crippen molar-refractivity contribution in [3.63, 3.8) is 0 Å². The molecule has 0 aliphatic carbocycles. The second-order valence-corrected chi connectivity index (χ2v) is 6.51. The van der Waals surface area contributed by atoms with Gasteiger partial charge in [-0.25, -0.2) is 0 Å².